The molecule has 0 aliphatic carbocycles. The van der Waals surface area contributed by atoms with E-state index in [4.69, 9.17) is 21.1 Å². The highest BCUT2D eigenvalue weighted by atomic mass is 35.5. The Morgan fingerprint density at radius 1 is 1.09 bits per heavy atom. The quantitative estimate of drug-likeness (QED) is 0.808. The molecule has 0 fully saturated rings. The van der Waals surface area contributed by atoms with Crippen molar-refractivity contribution in [3.8, 4) is 11.5 Å². The van der Waals surface area contributed by atoms with Gasteiger partial charge in [-0.1, -0.05) is 11.6 Å². The van der Waals surface area contributed by atoms with Gasteiger partial charge in [-0.15, -0.1) is 0 Å². The first kappa shape index (κ1) is 17.0. The maximum absolute atomic E-state index is 12.0. The molecule has 0 saturated carbocycles. The van der Waals surface area contributed by atoms with E-state index in [9.17, 15) is 4.79 Å². The molecule has 0 bridgehead atoms. The maximum atomic E-state index is 12.0. The predicted octanol–water partition coefficient (Wildman–Crippen LogP) is 3.80. The number of anilines is 2. The molecule has 0 aromatic heterocycles. The number of benzene rings is 2. The molecule has 0 radical (unpaired) electrons. The van der Waals surface area contributed by atoms with Gasteiger partial charge in [-0.3, -0.25) is 4.79 Å². The summed E-state index contributed by atoms with van der Waals surface area (Å²) in [6, 6.07) is 12.6. The molecule has 1 amide bonds. The number of nitrogens with one attached hydrogen (secondary N) is 2. The minimum absolute atomic E-state index is 0.119. The molecule has 0 aliphatic heterocycles. The highest BCUT2D eigenvalue weighted by molar-refractivity contribution is 6.31. The number of hydrogen-bond donors (Lipinski definition) is 2. The number of amides is 1. The molecule has 2 rings (SSSR count). The summed E-state index contributed by atoms with van der Waals surface area (Å²) in [5, 5.41) is 6.52. The number of hydrogen-bond acceptors (Lipinski definition) is 4. The third kappa shape index (κ3) is 5.07. The van der Waals surface area contributed by atoms with Crippen LogP contribution in [0.4, 0.5) is 11.4 Å². The fourth-order valence-electron chi connectivity index (χ4n) is 2.02. The van der Waals surface area contributed by atoms with Gasteiger partial charge in [0.15, 0.2) is 0 Å². The number of rotatable bonds is 7. The van der Waals surface area contributed by atoms with E-state index in [0.717, 1.165) is 11.4 Å². The summed E-state index contributed by atoms with van der Waals surface area (Å²) in [5.74, 6) is 1.25. The molecule has 0 aliphatic rings. The summed E-state index contributed by atoms with van der Waals surface area (Å²) in [5.41, 5.74) is 1.49. The van der Waals surface area contributed by atoms with Gasteiger partial charge in [-0.2, -0.15) is 0 Å². The molecule has 2 N–H and O–H groups in total. The summed E-state index contributed by atoms with van der Waals surface area (Å²) in [7, 11) is 3.17. The standard InChI is InChI=1S/C17H19ClN2O3/c1-22-14-6-4-13(5-7-14)19-10-9-17(21)20-15-11-12(18)3-8-16(15)23-2/h3-8,11,19H,9-10H2,1-2H3,(H,20,21). The van der Waals surface area contributed by atoms with Crippen LogP contribution in [0, 0.1) is 0 Å². The highest BCUT2D eigenvalue weighted by Gasteiger charge is 2.08. The molecular formula is C17H19ClN2O3. The first-order chi connectivity index (χ1) is 11.1. The van der Waals surface area contributed by atoms with E-state index in [-0.39, 0.29) is 5.91 Å². The van der Waals surface area contributed by atoms with Crippen LogP contribution < -0.4 is 20.1 Å². The van der Waals surface area contributed by atoms with E-state index in [2.05, 4.69) is 10.6 Å². The molecule has 0 unspecified atom stereocenters. The molecule has 122 valence electrons. The topological polar surface area (TPSA) is 59.6 Å². The Morgan fingerprint density at radius 2 is 1.83 bits per heavy atom. The van der Waals surface area contributed by atoms with Gasteiger partial charge in [0.2, 0.25) is 5.91 Å². The van der Waals surface area contributed by atoms with E-state index in [0.29, 0.717) is 29.4 Å². The Labute approximate surface area is 140 Å². The lowest BCUT2D eigenvalue weighted by molar-refractivity contribution is -0.115. The van der Waals surface area contributed by atoms with E-state index in [1.807, 2.05) is 24.3 Å². The Morgan fingerprint density at radius 3 is 2.48 bits per heavy atom. The molecule has 0 saturated heterocycles. The van der Waals surface area contributed by atoms with E-state index >= 15 is 0 Å². The summed E-state index contributed by atoms with van der Waals surface area (Å²) in [6.07, 6.45) is 0.321. The second-order valence-corrected chi connectivity index (χ2v) is 5.23. The average molecular weight is 335 g/mol. The number of carbonyl (C=O) groups excluding carboxylic acids is 1. The van der Waals surface area contributed by atoms with Crippen molar-refractivity contribution in [2.45, 2.75) is 6.42 Å². The van der Waals surface area contributed by atoms with E-state index in [1.54, 1.807) is 32.4 Å². The first-order valence-corrected chi connectivity index (χ1v) is 7.51. The van der Waals surface area contributed by atoms with E-state index in [1.165, 1.54) is 0 Å². The molecular weight excluding hydrogens is 316 g/mol. The van der Waals surface area contributed by atoms with Gasteiger partial charge in [-0.05, 0) is 42.5 Å². The van der Waals surface area contributed by atoms with Crippen molar-refractivity contribution in [1.29, 1.82) is 0 Å². The lowest BCUT2D eigenvalue weighted by Crippen LogP contribution is -2.16. The van der Waals surface area contributed by atoms with Crippen molar-refractivity contribution in [2.75, 3.05) is 31.4 Å². The monoisotopic (exact) mass is 334 g/mol. The van der Waals surface area contributed by atoms with E-state index < -0.39 is 0 Å². The van der Waals surface area contributed by atoms with Crippen LogP contribution in [0.15, 0.2) is 42.5 Å². The lowest BCUT2D eigenvalue weighted by atomic mass is 10.2. The van der Waals surface area contributed by atoms with Gasteiger partial charge < -0.3 is 20.1 Å². The van der Waals surface area contributed by atoms with Gasteiger partial charge in [0.1, 0.15) is 11.5 Å². The van der Waals surface area contributed by atoms with Crippen molar-refractivity contribution in [1.82, 2.24) is 0 Å². The van der Waals surface area contributed by atoms with Crippen molar-refractivity contribution < 1.29 is 14.3 Å². The van der Waals surface area contributed by atoms with Crippen LogP contribution in [0.5, 0.6) is 11.5 Å². The average Bonchev–Trinajstić information content (AvgIpc) is 2.56. The fraction of sp³-hybridized carbons (Fsp3) is 0.235. The van der Waals surface area contributed by atoms with Gasteiger partial charge >= 0.3 is 0 Å². The molecule has 0 spiro atoms. The summed E-state index contributed by atoms with van der Waals surface area (Å²) in [4.78, 5) is 12.0. The Kier molecular flexibility index (Phi) is 6.11. The van der Waals surface area contributed by atoms with Gasteiger partial charge in [0, 0.05) is 23.7 Å². The van der Waals surface area contributed by atoms with Crippen molar-refractivity contribution in [3.05, 3.63) is 47.5 Å². The van der Waals surface area contributed by atoms with Gasteiger partial charge in [-0.25, -0.2) is 0 Å². The third-order valence-corrected chi connectivity index (χ3v) is 3.44. The molecule has 0 heterocycles. The van der Waals surface area contributed by atoms with Gasteiger partial charge in [0.25, 0.3) is 0 Å². The van der Waals surface area contributed by atoms with Crippen LogP contribution in [-0.4, -0.2) is 26.7 Å². The van der Waals surface area contributed by atoms with Crippen molar-refractivity contribution in [2.24, 2.45) is 0 Å². The zero-order valence-corrected chi connectivity index (χ0v) is 13.8. The lowest BCUT2D eigenvalue weighted by Gasteiger charge is -2.11. The number of carbonyl (C=O) groups is 1. The fourth-order valence-corrected chi connectivity index (χ4v) is 2.19. The summed E-state index contributed by atoms with van der Waals surface area (Å²) in [6.45, 7) is 0.515. The number of ether oxygens (including phenoxy) is 2. The molecule has 0 atom stereocenters. The van der Waals surface area contributed by atoms with Crippen LogP contribution in [0.25, 0.3) is 0 Å². The van der Waals surface area contributed by atoms with Crippen LogP contribution in [-0.2, 0) is 4.79 Å². The number of halogens is 1. The minimum Gasteiger partial charge on any atom is -0.497 e. The molecule has 2 aromatic rings. The first-order valence-electron chi connectivity index (χ1n) is 7.13. The second-order valence-electron chi connectivity index (χ2n) is 4.80. The zero-order valence-electron chi connectivity index (χ0n) is 13.1. The summed E-state index contributed by atoms with van der Waals surface area (Å²) < 4.78 is 10.3. The Bertz CT molecular complexity index is 659. The smallest absolute Gasteiger partial charge is 0.226 e. The molecule has 23 heavy (non-hydrogen) atoms. The van der Waals surface area contributed by atoms with Crippen LogP contribution >= 0.6 is 11.6 Å². The van der Waals surface area contributed by atoms with Crippen LogP contribution in [0.1, 0.15) is 6.42 Å². The second kappa shape index (κ2) is 8.29. The molecule has 2 aromatic carbocycles. The summed E-state index contributed by atoms with van der Waals surface area (Å²) >= 11 is 5.94. The molecule has 6 heteroatoms. The predicted molar refractivity (Wildman–Crippen MR) is 92.7 cm³/mol. The zero-order chi connectivity index (χ0) is 16.7. The third-order valence-electron chi connectivity index (χ3n) is 3.21. The van der Waals surface area contributed by atoms with Crippen LogP contribution in [0.2, 0.25) is 5.02 Å². The maximum Gasteiger partial charge on any atom is 0.226 e. The van der Waals surface area contributed by atoms with Crippen LogP contribution in [0.3, 0.4) is 0 Å². The van der Waals surface area contributed by atoms with Crippen molar-refractivity contribution >= 4 is 28.9 Å². The Hall–Kier alpha value is -2.40. The minimum atomic E-state index is -0.119. The largest absolute Gasteiger partial charge is 0.497 e. The van der Waals surface area contributed by atoms with Crippen molar-refractivity contribution in [3.63, 3.8) is 0 Å². The Balaban J connectivity index is 1.84. The number of methoxy groups -OCH3 is 2. The molecule has 5 nitrogen and oxygen atoms in total. The normalized spacial score (nSPS) is 10.0. The highest BCUT2D eigenvalue weighted by Crippen LogP contribution is 2.27. The van der Waals surface area contributed by atoms with Gasteiger partial charge in [0.05, 0.1) is 19.9 Å². The SMILES string of the molecule is COc1ccc(NCCC(=O)Nc2cc(Cl)ccc2OC)cc1.